The molecule has 2 heterocycles. The second-order valence-electron chi connectivity index (χ2n) is 6.10. The minimum absolute atomic E-state index is 0.000943. The molecule has 9 nitrogen and oxygen atoms in total. The number of aromatic nitrogens is 3. The molecule has 4 rings (SSSR count). The van der Waals surface area contributed by atoms with Crippen LogP contribution >= 0.6 is 0 Å². The van der Waals surface area contributed by atoms with Crippen molar-refractivity contribution in [3.63, 3.8) is 0 Å². The minimum Gasteiger partial charge on any atom is -0.350 e. The molecule has 30 heavy (non-hydrogen) atoms. The number of benzene rings is 2. The van der Waals surface area contributed by atoms with Crippen molar-refractivity contribution >= 4 is 27.6 Å². The number of nitrogens with one attached hydrogen (secondary N) is 2. The molecule has 2 aromatic carbocycles. The Bertz CT molecular complexity index is 1260. The molecule has 0 aliphatic rings. The fourth-order valence-corrected chi connectivity index (χ4v) is 3.53. The van der Waals surface area contributed by atoms with E-state index in [1.807, 2.05) is 30.3 Å². The van der Waals surface area contributed by atoms with E-state index in [1.165, 1.54) is 42.7 Å². The molecule has 4 aromatic rings. The molecule has 0 atom stereocenters. The number of hydrogen-bond acceptors (Lipinski definition) is 7. The summed E-state index contributed by atoms with van der Waals surface area (Å²) >= 11 is 0. The van der Waals surface area contributed by atoms with Gasteiger partial charge in [-0.1, -0.05) is 35.5 Å². The van der Waals surface area contributed by atoms with Crippen molar-refractivity contribution in [1.29, 1.82) is 0 Å². The summed E-state index contributed by atoms with van der Waals surface area (Å²) in [6.45, 7) is 0. The number of nitrogens with zero attached hydrogens (tertiary/aromatic N) is 3. The quantitative estimate of drug-likeness (QED) is 0.489. The standard InChI is InChI=1S/C20H15N5O4S/c26-19(18-13-17(24-29-18)14-5-2-1-3-6-14)23-15-7-9-16(10-8-15)30(27,28)25-20-21-11-4-12-22-20/h1-13H,(H,23,26)(H,21,22,25). The van der Waals surface area contributed by atoms with Gasteiger partial charge >= 0.3 is 0 Å². The highest BCUT2D eigenvalue weighted by Gasteiger charge is 2.17. The fraction of sp³-hybridized carbons (Fsp3) is 0. The van der Waals surface area contributed by atoms with Crippen LogP contribution in [0.3, 0.4) is 0 Å². The van der Waals surface area contributed by atoms with E-state index in [4.69, 9.17) is 4.52 Å². The Labute approximate surface area is 171 Å². The molecular weight excluding hydrogens is 406 g/mol. The lowest BCUT2D eigenvalue weighted by Crippen LogP contribution is -2.15. The third kappa shape index (κ3) is 4.33. The number of rotatable bonds is 6. The molecule has 0 spiro atoms. The number of carbonyl (C=O) groups is 1. The predicted octanol–water partition coefficient (Wildman–Crippen LogP) is 3.18. The molecule has 150 valence electrons. The molecule has 10 heteroatoms. The van der Waals surface area contributed by atoms with Gasteiger partial charge in [-0.2, -0.15) is 0 Å². The van der Waals surface area contributed by atoms with E-state index in [2.05, 4.69) is 25.2 Å². The highest BCUT2D eigenvalue weighted by molar-refractivity contribution is 7.92. The summed E-state index contributed by atoms with van der Waals surface area (Å²) in [6, 6.07) is 18.1. The third-order valence-electron chi connectivity index (χ3n) is 4.02. The first kappa shape index (κ1) is 19.3. The lowest BCUT2D eigenvalue weighted by molar-refractivity contribution is 0.0988. The molecular formula is C20H15N5O4S. The highest BCUT2D eigenvalue weighted by Crippen LogP contribution is 2.20. The second-order valence-corrected chi connectivity index (χ2v) is 7.78. The van der Waals surface area contributed by atoms with Crippen LogP contribution in [-0.2, 0) is 10.0 Å². The molecule has 2 aromatic heterocycles. The van der Waals surface area contributed by atoms with E-state index in [1.54, 1.807) is 6.07 Å². The van der Waals surface area contributed by atoms with Gasteiger partial charge in [0.15, 0.2) is 0 Å². The lowest BCUT2D eigenvalue weighted by Gasteiger charge is -2.07. The Hall–Kier alpha value is -4.05. The summed E-state index contributed by atoms with van der Waals surface area (Å²) in [5.74, 6) is -0.501. The van der Waals surface area contributed by atoms with Crippen molar-refractivity contribution in [2.45, 2.75) is 4.90 Å². The van der Waals surface area contributed by atoms with Crippen LogP contribution in [0.1, 0.15) is 10.6 Å². The average molecular weight is 421 g/mol. The van der Waals surface area contributed by atoms with E-state index in [9.17, 15) is 13.2 Å². The molecule has 0 unspecified atom stereocenters. The van der Waals surface area contributed by atoms with Crippen molar-refractivity contribution in [2.75, 3.05) is 10.0 Å². The van der Waals surface area contributed by atoms with Crippen molar-refractivity contribution in [3.05, 3.63) is 84.9 Å². The maximum Gasteiger partial charge on any atom is 0.294 e. The summed E-state index contributed by atoms with van der Waals surface area (Å²) in [5, 5.41) is 6.54. The van der Waals surface area contributed by atoms with Gasteiger partial charge < -0.3 is 9.84 Å². The monoisotopic (exact) mass is 421 g/mol. The Balaban J connectivity index is 1.45. The van der Waals surface area contributed by atoms with Crippen molar-refractivity contribution in [1.82, 2.24) is 15.1 Å². The van der Waals surface area contributed by atoms with Crippen LogP contribution in [0.5, 0.6) is 0 Å². The van der Waals surface area contributed by atoms with E-state index in [-0.39, 0.29) is 16.6 Å². The molecule has 0 aliphatic heterocycles. The maximum absolute atomic E-state index is 12.4. The predicted molar refractivity (Wildman–Crippen MR) is 109 cm³/mol. The van der Waals surface area contributed by atoms with Gasteiger partial charge in [-0.3, -0.25) is 4.79 Å². The zero-order valence-corrected chi connectivity index (χ0v) is 16.2. The Morgan fingerprint density at radius 3 is 2.30 bits per heavy atom. The lowest BCUT2D eigenvalue weighted by atomic mass is 10.1. The molecule has 0 saturated carbocycles. The van der Waals surface area contributed by atoms with Crippen LogP contribution in [0.25, 0.3) is 11.3 Å². The largest absolute Gasteiger partial charge is 0.350 e. The first-order chi connectivity index (χ1) is 14.5. The van der Waals surface area contributed by atoms with Gasteiger partial charge in [-0.25, -0.2) is 23.1 Å². The van der Waals surface area contributed by atoms with Crippen LogP contribution < -0.4 is 10.0 Å². The van der Waals surface area contributed by atoms with Crippen LogP contribution in [0.15, 0.2) is 88.5 Å². The normalized spacial score (nSPS) is 11.1. The topological polar surface area (TPSA) is 127 Å². The highest BCUT2D eigenvalue weighted by atomic mass is 32.2. The van der Waals surface area contributed by atoms with Gasteiger partial charge in [0.25, 0.3) is 15.9 Å². The summed E-state index contributed by atoms with van der Waals surface area (Å²) in [4.78, 5) is 20.0. The number of sulfonamides is 1. The van der Waals surface area contributed by atoms with Gasteiger partial charge in [0, 0.05) is 29.7 Å². The number of anilines is 2. The number of hydrogen-bond donors (Lipinski definition) is 2. The average Bonchev–Trinajstić information content (AvgIpc) is 3.26. The Morgan fingerprint density at radius 2 is 1.60 bits per heavy atom. The van der Waals surface area contributed by atoms with Crippen molar-refractivity contribution < 1.29 is 17.7 Å². The molecule has 0 fully saturated rings. The van der Waals surface area contributed by atoms with Gasteiger partial charge in [0.1, 0.15) is 5.69 Å². The maximum atomic E-state index is 12.4. The molecule has 2 N–H and O–H groups in total. The molecule has 0 bridgehead atoms. The number of amides is 1. The zero-order chi connectivity index (χ0) is 21.0. The smallest absolute Gasteiger partial charge is 0.294 e. The summed E-state index contributed by atoms with van der Waals surface area (Å²) in [6.07, 6.45) is 2.85. The van der Waals surface area contributed by atoms with Gasteiger partial charge in [-0.05, 0) is 30.3 Å². The van der Waals surface area contributed by atoms with Gasteiger partial charge in [0.2, 0.25) is 11.7 Å². The fourth-order valence-electron chi connectivity index (χ4n) is 2.57. The van der Waals surface area contributed by atoms with Gasteiger partial charge in [0.05, 0.1) is 4.90 Å². The number of carbonyl (C=O) groups excluding carboxylic acids is 1. The summed E-state index contributed by atoms with van der Waals surface area (Å²) in [7, 11) is -3.85. The Kier molecular flexibility index (Phi) is 5.22. The van der Waals surface area contributed by atoms with Crippen LogP contribution in [0.4, 0.5) is 11.6 Å². The zero-order valence-electron chi connectivity index (χ0n) is 15.4. The van der Waals surface area contributed by atoms with Crippen LogP contribution in [-0.4, -0.2) is 29.4 Å². The third-order valence-corrected chi connectivity index (χ3v) is 5.36. The first-order valence-corrected chi connectivity index (χ1v) is 10.2. The van der Waals surface area contributed by atoms with Gasteiger partial charge in [-0.15, -0.1) is 0 Å². The molecule has 0 aliphatic carbocycles. The second kappa shape index (κ2) is 8.13. The Morgan fingerprint density at radius 1 is 0.900 bits per heavy atom. The van der Waals surface area contributed by atoms with E-state index in [0.717, 1.165) is 5.56 Å². The van der Waals surface area contributed by atoms with Crippen molar-refractivity contribution in [3.8, 4) is 11.3 Å². The first-order valence-electron chi connectivity index (χ1n) is 8.75. The summed E-state index contributed by atoms with van der Waals surface area (Å²) < 4.78 is 32.2. The summed E-state index contributed by atoms with van der Waals surface area (Å²) in [5.41, 5.74) is 1.76. The van der Waals surface area contributed by atoms with E-state index >= 15 is 0 Å². The molecule has 0 radical (unpaired) electrons. The van der Waals surface area contributed by atoms with Crippen LogP contribution in [0.2, 0.25) is 0 Å². The van der Waals surface area contributed by atoms with E-state index in [0.29, 0.717) is 11.4 Å². The van der Waals surface area contributed by atoms with Crippen LogP contribution in [0, 0.1) is 0 Å². The minimum atomic E-state index is -3.85. The van der Waals surface area contributed by atoms with E-state index < -0.39 is 15.9 Å². The SMILES string of the molecule is O=C(Nc1ccc(S(=O)(=O)Nc2ncccn2)cc1)c1cc(-c2ccccc2)no1. The molecule has 0 saturated heterocycles. The van der Waals surface area contributed by atoms with Crippen molar-refractivity contribution in [2.24, 2.45) is 0 Å². The molecule has 1 amide bonds.